The van der Waals surface area contributed by atoms with Crippen molar-refractivity contribution >= 4 is 44.0 Å². The second kappa shape index (κ2) is 19.0. The molecule has 344 valence electrons. The maximum absolute atomic E-state index is 2.45. The van der Waals surface area contributed by atoms with E-state index in [9.17, 15) is 0 Å². The molecule has 13 aromatic rings. The smallest absolute Gasteiger partial charge is 0.0547 e. The van der Waals surface area contributed by atoms with Crippen molar-refractivity contribution in [3.63, 3.8) is 0 Å². The summed E-state index contributed by atoms with van der Waals surface area (Å²) in [5.74, 6) is 0. The van der Waals surface area contributed by atoms with E-state index in [0.717, 1.165) is 17.1 Å². The number of nitrogens with zero attached hydrogens (tertiary/aromatic N) is 2. The normalized spacial score (nSPS) is 11.3. The van der Waals surface area contributed by atoms with Crippen LogP contribution in [0.1, 0.15) is 5.56 Å². The van der Waals surface area contributed by atoms with Crippen molar-refractivity contribution in [2.45, 2.75) is 6.54 Å². The Bertz CT molecular complexity index is 3930. The Labute approximate surface area is 427 Å². The Morgan fingerprint density at radius 3 is 1.30 bits per heavy atom. The number of fused-ring (bicyclic) bond motifs is 4. The zero-order valence-corrected chi connectivity index (χ0v) is 40.3. The van der Waals surface area contributed by atoms with E-state index in [-0.39, 0.29) is 0 Å². The summed E-state index contributed by atoms with van der Waals surface area (Å²) < 4.78 is 2.43. The molecule has 0 aliphatic rings. The summed E-state index contributed by atoms with van der Waals surface area (Å²) in [6.07, 6.45) is 0. The number of aromatic nitrogens is 1. The standard InChI is InChI=1S/C71H50N2/c1-3-15-50(16-4-1)53-29-33-55(34-30-53)57-37-42-63(43-38-57)72(64-44-39-58(40-45-64)56-35-31-54(32-36-56)51-17-5-2-6-18-51)49-62-21-9-10-24-66(62)60-22-13-23-61(47-60)67-26-14-28-70-71(67)68-25-11-12-27-69(68)73(70)65-46-41-52-19-7-8-20-59(52)48-65/h1-48H,49H2. The highest BCUT2D eigenvalue weighted by atomic mass is 15.1. The van der Waals surface area contributed by atoms with Crippen molar-refractivity contribution in [3.8, 4) is 72.4 Å². The van der Waals surface area contributed by atoms with Gasteiger partial charge in [0.05, 0.1) is 11.0 Å². The van der Waals surface area contributed by atoms with E-state index in [0.29, 0.717) is 6.54 Å². The molecule has 0 spiro atoms. The summed E-state index contributed by atoms with van der Waals surface area (Å²) in [7, 11) is 0. The van der Waals surface area contributed by atoms with Crippen LogP contribution in [0, 0.1) is 0 Å². The monoisotopic (exact) mass is 930 g/mol. The highest BCUT2D eigenvalue weighted by Crippen LogP contribution is 2.41. The fraction of sp³-hybridized carbons (Fsp3) is 0.0141. The lowest BCUT2D eigenvalue weighted by atomic mass is 9.93. The molecule has 2 heteroatoms. The predicted octanol–water partition coefficient (Wildman–Crippen LogP) is 19.3. The second-order valence-corrected chi connectivity index (χ2v) is 18.9. The van der Waals surface area contributed by atoms with Gasteiger partial charge in [-0.15, -0.1) is 0 Å². The Morgan fingerprint density at radius 2 is 0.699 bits per heavy atom. The molecule has 13 rings (SSSR count). The quantitative estimate of drug-likeness (QED) is 0.125. The summed E-state index contributed by atoms with van der Waals surface area (Å²) in [5.41, 5.74) is 21.5. The van der Waals surface area contributed by atoms with Crippen LogP contribution in [0.4, 0.5) is 11.4 Å². The van der Waals surface area contributed by atoms with Crippen molar-refractivity contribution in [1.82, 2.24) is 4.57 Å². The predicted molar refractivity (Wildman–Crippen MR) is 310 cm³/mol. The summed E-state index contributed by atoms with van der Waals surface area (Å²) in [4.78, 5) is 2.45. The van der Waals surface area contributed by atoms with Crippen LogP contribution in [-0.4, -0.2) is 4.57 Å². The van der Waals surface area contributed by atoms with Crippen LogP contribution in [0.3, 0.4) is 0 Å². The van der Waals surface area contributed by atoms with Crippen molar-refractivity contribution in [1.29, 1.82) is 0 Å². The molecular weight excluding hydrogens is 881 g/mol. The van der Waals surface area contributed by atoms with Crippen LogP contribution >= 0.6 is 0 Å². The summed E-state index contributed by atoms with van der Waals surface area (Å²) in [5, 5.41) is 4.98. The number of hydrogen-bond acceptors (Lipinski definition) is 1. The highest BCUT2D eigenvalue weighted by Gasteiger charge is 2.19. The van der Waals surface area contributed by atoms with Gasteiger partial charge < -0.3 is 9.47 Å². The van der Waals surface area contributed by atoms with E-state index in [2.05, 4.69) is 301 Å². The number of hydrogen-bond donors (Lipinski definition) is 0. The Hall–Kier alpha value is -9.50. The number of benzene rings is 12. The van der Waals surface area contributed by atoms with Gasteiger partial charge in [0.25, 0.3) is 0 Å². The Morgan fingerprint density at radius 1 is 0.274 bits per heavy atom. The molecule has 0 saturated heterocycles. The van der Waals surface area contributed by atoms with Crippen molar-refractivity contribution in [2.75, 3.05) is 4.90 Å². The largest absolute Gasteiger partial charge is 0.337 e. The zero-order valence-electron chi connectivity index (χ0n) is 40.3. The molecule has 1 heterocycles. The van der Waals surface area contributed by atoms with E-state index in [1.165, 1.54) is 105 Å². The molecule has 0 unspecified atom stereocenters. The number of rotatable bonds is 11. The molecule has 0 aliphatic heterocycles. The molecule has 0 N–H and O–H groups in total. The Kier molecular flexibility index (Phi) is 11.3. The average molecular weight is 931 g/mol. The molecular formula is C71H50N2. The molecule has 73 heavy (non-hydrogen) atoms. The molecule has 2 nitrogen and oxygen atoms in total. The zero-order chi connectivity index (χ0) is 48.5. The van der Waals surface area contributed by atoms with E-state index in [1.54, 1.807) is 0 Å². The third-order valence-electron chi connectivity index (χ3n) is 14.5. The van der Waals surface area contributed by atoms with Crippen LogP contribution in [0.5, 0.6) is 0 Å². The minimum atomic E-state index is 0.672. The molecule has 0 radical (unpaired) electrons. The van der Waals surface area contributed by atoms with Gasteiger partial charge in [-0.1, -0.05) is 237 Å². The minimum Gasteiger partial charge on any atom is -0.337 e. The van der Waals surface area contributed by atoms with Crippen molar-refractivity contribution < 1.29 is 0 Å². The second-order valence-electron chi connectivity index (χ2n) is 18.9. The van der Waals surface area contributed by atoms with Gasteiger partial charge >= 0.3 is 0 Å². The first-order valence-corrected chi connectivity index (χ1v) is 25.2. The maximum atomic E-state index is 2.45. The highest BCUT2D eigenvalue weighted by molar-refractivity contribution is 6.16. The lowest BCUT2D eigenvalue weighted by Crippen LogP contribution is -2.17. The molecule has 0 atom stereocenters. The van der Waals surface area contributed by atoms with Crippen LogP contribution in [0.15, 0.2) is 291 Å². The van der Waals surface area contributed by atoms with Gasteiger partial charge in [0.2, 0.25) is 0 Å². The van der Waals surface area contributed by atoms with Crippen LogP contribution < -0.4 is 4.90 Å². The first-order chi connectivity index (χ1) is 36.2. The summed E-state index contributed by atoms with van der Waals surface area (Å²) in [6.45, 7) is 0.672. The minimum absolute atomic E-state index is 0.672. The maximum Gasteiger partial charge on any atom is 0.0547 e. The fourth-order valence-electron chi connectivity index (χ4n) is 10.8. The molecule has 12 aromatic carbocycles. The topological polar surface area (TPSA) is 8.17 Å². The van der Waals surface area contributed by atoms with Gasteiger partial charge in [0.1, 0.15) is 0 Å². The fourth-order valence-corrected chi connectivity index (χ4v) is 10.8. The van der Waals surface area contributed by atoms with Gasteiger partial charge in [-0.05, 0) is 138 Å². The summed E-state index contributed by atoms with van der Waals surface area (Å²) in [6, 6.07) is 106. The van der Waals surface area contributed by atoms with Crippen molar-refractivity contribution in [3.05, 3.63) is 297 Å². The van der Waals surface area contributed by atoms with Gasteiger partial charge in [0, 0.05) is 34.4 Å². The van der Waals surface area contributed by atoms with Crippen LogP contribution in [0.2, 0.25) is 0 Å². The first-order valence-electron chi connectivity index (χ1n) is 25.2. The van der Waals surface area contributed by atoms with E-state index in [4.69, 9.17) is 0 Å². The Balaban J connectivity index is 0.861. The SMILES string of the molecule is c1ccc(-c2ccc(-c3ccc(N(Cc4ccccc4-c4cccc(-c5cccc6c5c5ccccc5n6-c5ccc6ccccc6c5)c4)c4ccc(-c5ccc(-c6ccccc6)cc5)cc4)cc3)cc2)cc1. The number of anilines is 2. The van der Waals surface area contributed by atoms with Crippen LogP contribution in [-0.2, 0) is 6.54 Å². The lowest BCUT2D eigenvalue weighted by Gasteiger charge is -2.27. The average Bonchev–Trinajstić information content (AvgIpc) is 3.82. The summed E-state index contributed by atoms with van der Waals surface area (Å²) >= 11 is 0. The molecule has 0 bridgehead atoms. The molecule has 0 amide bonds. The third-order valence-corrected chi connectivity index (χ3v) is 14.5. The van der Waals surface area contributed by atoms with Crippen LogP contribution in [0.25, 0.3) is 105 Å². The molecule has 0 fully saturated rings. The van der Waals surface area contributed by atoms with Gasteiger partial charge in [-0.25, -0.2) is 0 Å². The molecule has 0 aliphatic carbocycles. The lowest BCUT2D eigenvalue weighted by molar-refractivity contribution is 0.977. The van der Waals surface area contributed by atoms with Gasteiger partial charge in [-0.2, -0.15) is 0 Å². The van der Waals surface area contributed by atoms with E-state index < -0.39 is 0 Å². The third kappa shape index (κ3) is 8.45. The number of para-hydroxylation sites is 1. The van der Waals surface area contributed by atoms with Gasteiger partial charge in [-0.3, -0.25) is 0 Å². The van der Waals surface area contributed by atoms with E-state index in [1.807, 2.05) is 0 Å². The molecule has 1 aromatic heterocycles. The molecule has 0 saturated carbocycles. The van der Waals surface area contributed by atoms with Gasteiger partial charge in [0.15, 0.2) is 0 Å². The first kappa shape index (κ1) is 43.5. The van der Waals surface area contributed by atoms with E-state index >= 15 is 0 Å². The van der Waals surface area contributed by atoms with Crippen molar-refractivity contribution in [2.24, 2.45) is 0 Å².